The molecule has 1 N–H and O–H groups in total. The number of nitrogens with zero attached hydrogens (tertiary/aromatic N) is 5. The fourth-order valence-corrected chi connectivity index (χ4v) is 1.50. The molecule has 0 saturated heterocycles. The van der Waals surface area contributed by atoms with Crippen LogP contribution in [0, 0.1) is 10.1 Å². The smallest absolute Gasteiger partial charge is 0.360 e. The summed E-state index contributed by atoms with van der Waals surface area (Å²) in [6.07, 6.45) is 4.95. The summed E-state index contributed by atoms with van der Waals surface area (Å²) in [5.41, 5.74) is 0.947. The zero-order valence-corrected chi connectivity index (χ0v) is 9.49. The minimum Gasteiger partial charge on any atom is -0.360 e. The lowest BCUT2D eigenvalue weighted by atomic mass is 10.3. The predicted octanol–water partition coefficient (Wildman–Crippen LogP) is 0.674. The molecule has 0 fully saturated rings. The molecule has 2 aromatic heterocycles. The van der Waals surface area contributed by atoms with Crippen LogP contribution in [0.4, 0.5) is 11.6 Å². The topological polar surface area (TPSA) is 90.8 Å². The number of anilines is 1. The number of hydrogen-bond acceptors (Lipinski definition) is 5. The summed E-state index contributed by atoms with van der Waals surface area (Å²) in [4.78, 5) is 13.9. The Balaban J connectivity index is 2.13. The molecular formula is C9H12N6O2. The molecule has 0 atom stereocenters. The maximum Gasteiger partial charge on any atom is 0.406 e. The molecule has 2 heterocycles. The average molecular weight is 236 g/mol. The molecule has 90 valence electrons. The van der Waals surface area contributed by atoms with Crippen LogP contribution in [-0.2, 0) is 20.6 Å². The van der Waals surface area contributed by atoms with Crippen LogP contribution in [0.1, 0.15) is 5.56 Å². The maximum absolute atomic E-state index is 10.7. The molecule has 17 heavy (non-hydrogen) atoms. The van der Waals surface area contributed by atoms with Crippen molar-refractivity contribution in [1.82, 2.24) is 19.3 Å². The van der Waals surface area contributed by atoms with Gasteiger partial charge < -0.3 is 15.4 Å². The van der Waals surface area contributed by atoms with Gasteiger partial charge in [0.2, 0.25) is 12.1 Å². The van der Waals surface area contributed by atoms with Gasteiger partial charge in [0.15, 0.2) is 0 Å². The normalized spacial score (nSPS) is 10.5. The quantitative estimate of drug-likeness (QED) is 0.622. The molecule has 2 aromatic rings. The molecule has 0 radical (unpaired) electrons. The van der Waals surface area contributed by atoms with Crippen LogP contribution in [0.5, 0.6) is 0 Å². The lowest BCUT2D eigenvalue weighted by Crippen LogP contribution is -2.05. The highest BCUT2D eigenvalue weighted by atomic mass is 16.6. The first kappa shape index (κ1) is 11.1. The Bertz CT molecular complexity index is 543. The van der Waals surface area contributed by atoms with E-state index in [1.807, 2.05) is 13.2 Å². The third-order valence-electron chi connectivity index (χ3n) is 2.31. The average Bonchev–Trinajstić information content (AvgIpc) is 2.82. The molecule has 8 heteroatoms. The van der Waals surface area contributed by atoms with E-state index in [1.54, 1.807) is 22.5 Å². The Labute approximate surface area is 97.0 Å². The number of nitro groups is 1. The zero-order valence-electron chi connectivity index (χ0n) is 9.49. The Morgan fingerprint density at radius 3 is 2.88 bits per heavy atom. The molecule has 0 bridgehead atoms. The lowest BCUT2D eigenvalue weighted by molar-refractivity contribution is -0.388. The van der Waals surface area contributed by atoms with E-state index in [2.05, 4.69) is 15.4 Å². The van der Waals surface area contributed by atoms with Crippen molar-refractivity contribution in [2.24, 2.45) is 14.1 Å². The van der Waals surface area contributed by atoms with Gasteiger partial charge in [0.05, 0.1) is 6.20 Å². The zero-order chi connectivity index (χ0) is 12.4. The number of rotatable bonds is 4. The van der Waals surface area contributed by atoms with E-state index in [4.69, 9.17) is 0 Å². The largest absolute Gasteiger partial charge is 0.406 e. The van der Waals surface area contributed by atoms with E-state index < -0.39 is 4.92 Å². The van der Waals surface area contributed by atoms with Gasteiger partial charge >= 0.3 is 5.82 Å². The van der Waals surface area contributed by atoms with Gasteiger partial charge in [-0.15, -0.1) is 0 Å². The van der Waals surface area contributed by atoms with Gasteiger partial charge in [-0.1, -0.05) is 0 Å². The van der Waals surface area contributed by atoms with Crippen molar-refractivity contribution in [1.29, 1.82) is 0 Å². The molecule has 0 aliphatic heterocycles. The molecule has 0 aliphatic rings. The number of hydrogen-bond donors (Lipinski definition) is 1. The monoisotopic (exact) mass is 236 g/mol. The van der Waals surface area contributed by atoms with Crippen LogP contribution in [0.25, 0.3) is 0 Å². The highest BCUT2D eigenvalue weighted by Gasteiger charge is 2.19. The maximum atomic E-state index is 10.7. The van der Waals surface area contributed by atoms with Crippen LogP contribution in [-0.4, -0.2) is 24.3 Å². The number of aromatic nitrogens is 4. The van der Waals surface area contributed by atoms with E-state index in [0.29, 0.717) is 12.4 Å². The summed E-state index contributed by atoms with van der Waals surface area (Å²) in [7, 11) is 3.52. The van der Waals surface area contributed by atoms with Crippen molar-refractivity contribution in [2.45, 2.75) is 6.54 Å². The summed E-state index contributed by atoms with van der Waals surface area (Å²) in [6, 6.07) is 0. The Morgan fingerprint density at radius 1 is 1.53 bits per heavy atom. The molecular weight excluding hydrogens is 224 g/mol. The van der Waals surface area contributed by atoms with E-state index >= 15 is 0 Å². The van der Waals surface area contributed by atoms with Crippen molar-refractivity contribution in [3.05, 3.63) is 34.4 Å². The summed E-state index contributed by atoms with van der Waals surface area (Å²) in [5, 5.41) is 17.7. The minimum absolute atomic E-state index is 0.170. The summed E-state index contributed by atoms with van der Waals surface area (Å²) in [5.74, 6) is 0.218. The first-order valence-electron chi connectivity index (χ1n) is 4.95. The van der Waals surface area contributed by atoms with Gasteiger partial charge in [-0.05, 0) is 9.91 Å². The second kappa shape index (κ2) is 4.24. The Hall–Kier alpha value is -2.38. The number of imidazole rings is 1. The Kier molecular flexibility index (Phi) is 2.77. The Morgan fingerprint density at radius 2 is 2.29 bits per heavy atom. The third-order valence-corrected chi connectivity index (χ3v) is 2.31. The van der Waals surface area contributed by atoms with Gasteiger partial charge in [-0.2, -0.15) is 5.10 Å². The first-order valence-corrected chi connectivity index (χ1v) is 4.95. The van der Waals surface area contributed by atoms with E-state index in [-0.39, 0.29) is 5.82 Å². The highest BCUT2D eigenvalue weighted by molar-refractivity contribution is 5.52. The third kappa shape index (κ3) is 2.25. The van der Waals surface area contributed by atoms with Gasteiger partial charge in [0, 0.05) is 32.4 Å². The van der Waals surface area contributed by atoms with Crippen LogP contribution in [0.2, 0.25) is 0 Å². The van der Waals surface area contributed by atoms with Crippen molar-refractivity contribution in [3.63, 3.8) is 0 Å². The molecule has 0 amide bonds. The number of nitrogens with one attached hydrogen (secondary N) is 1. The van der Waals surface area contributed by atoms with Crippen LogP contribution < -0.4 is 5.32 Å². The highest BCUT2D eigenvalue weighted by Crippen LogP contribution is 2.21. The number of aryl methyl sites for hydroxylation is 2. The van der Waals surface area contributed by atoms with Gasteiger partial charge in [0.25, 0.3) is 0 Å². The lowest BCUT2D eigenvalue weighted by Gasteiger charge is -2.04. The summed E-state index contributed by atoms with van der Waals surface area (Å²) in [6.45, 7) is 0.466. The molecule has 0 saturated carbocycles. The van der Waals surface area contributed by atoms with Crippen molar-refractivity contribution in [2.75, 3.05) is 5.32 Å². The van der Waals surface area contributed by atoms with Crippen molar-refractivity contribution in [3.8, 4) is 0 Å². The second-order valence-corrected chi connectivity index (χ2v) is 3.66. The van der Waals surface area contributed by atoms with E-state index in [1.165, 1.54) is 6.33 Å². The SMILES string of the molecule is Cn1cc(CNc2c([N+](=O)[O-])ncn2C)cn1. The fraction of sp³-hybridized carbons (Fsp3) is 0.333. The van der Waals surface area contributed by atoms with Gasteiger partial charge in [-0.3, -0.25) is 9.25 Å². The van der Waals surface area contributed by atoms with Crippen molar-refractivity contribution >= 4 is 11.6 Å². The molecule has 0 aliphatic carbocycles. The molecule has 0 unspecified atom stereocenters. The summed E-state index contributed by atoms with van der Waals surface area (Å²) >= 11 is 0. The van der Waals surface area contributed by atoms with Gasteiger partial charge in [-0.25, -0.2) is 0 Å². The molecule has 0 aromatic carbocycles. The van der Waals surface area contributed by atoms with E-state index in [0.717, 1.165) is 5.56 Å². The van der Waals surface area contributed by atoms with Crippen LogP contribution >= 0.6 is 0 Å². The van der Waals surface area contributed by atoms with E-state index in [9.17, 15) is 10.1 Å². The van der Waals surface area contributed by atoms with Crippen LogP contribution in [0.3, 0.4) is 0 Å². The van der Waals surface area contributed by atoms with Crippen LogP contribution in [0.15, 0.2) is 18.7 Å². The molecule has 2 rings (SSSR count). The fourth-order valence-electron chi connectivity index (χ4n) is 1.50. The summed E-state index contributed by atoms with van der Waals surface area (Å²) < 4.78 is 3.25. The predicted molar refractivity (Wildman–Crippen MR) is 60.4 cm³/mol. The first-order chi connectivity index (χ1) is 8.08. The minimum atomic E-state index is -0.508. The molecule has 8 nitrogen and oxygen atoms in total. The van der Waals surface area contributed by atoms with Crippen molar-refractivity contribution < 1.29 is 4.92 Å². The van der Waals surface area contributed by atoms with Gasteiger partial charge in [0.1, 0.15) is 0 Å². The standard InChI is InChI=1S/C9H12N6O2/c1-13-6-11-9(15(16)17)8(13)10-3-7-4-12-14(2)5-7/h4-6,10H,3H2,1-2H3. The second-order valence-electron chi connectivity index (χ2n) is 3.66. The molecule has 0 spiro atoms.